The van der Waals surface area contributed by atoms with Crippen LogP contribution in [-0.4, -0.2) is 5.11 Å². The van der Waals surface area contributed by atoms with Crippen molar-refractivity contribution in [3.05, 3.63) is 64.7 Å². The molecular formula is C16H16F3NO. The van der Waals surface area contributed by atoms with E-state index in [-0.39, 0.29) is 17.7 Å². The first-order valence-corrected chi connectivity index (χ1v) is 6.47. The second kappa shape index (κ2) is 5.77. The first kappa shape index (κ1) is 15.4. The Morgan fingerprint density at radius 2 is 1.86 bits per heavy atom. The number of aliphatic hydroxyl groups excluding tert-OH is 1. The van der Waals surface area contributed by atoms with Gasteiger partial charge in [-0.05, 0) is 30.7 Å². The van der Waals surface area contributed by atoms with Crippen LogP contribution in [0.25, 0.3) is 0 Å². The van der Waals surface area contributed by atoms with E-state index in [1.807, 2.05) is 31.2 Å². The normalized spacial score (nSPS) is 13.2. The van der Waals surface area contributed by atoms with E-state index in [0.29, 0.717) is 0 Å². The molecule has 2 nitrogen and oxygen atoms in total. The van der Waals surface area contributed by atoms with Crippen molar-refractivity contribution in [1.29, 1.82) is 0 Å². The molecule has 1 atom stereocenters. The maximum absolute atomic E-state index is 12.7. The van der Waals surface area contributed by atoms with Gasteiger partial charge in [0.25, 0.3) is 0 Å². The maximum atomic E-state index is 12.7. The molecule has 0 radical (unpaired) electrons. The second-order valence-corrected chi connectivity index (χ2v) is 5.05. The van der Waals surface area contributed by atoms with Crippen LogP contribution in [-0.2, 0) is 12.6 Å². The lowest BCUT2D eigenvalue weighted by molar-refractivity contribution is -0.137. The van der Waals surface area contributed by atoms with Crippen molar-refractivity contribution < 1.29 is 18.3 Å². The highest BCUT2D eigenvalue weighted by Crippen LogP contribution is 2.33. The summed E-state index contributed by atoms with van der Waals surface area (Å²) in [5.74, 6) is 0. The summed E-state index contributed by atoms with van der Waals surface area (Å²) in [5, 5.41) is 10.2. The highest BCUT2D eigenvalue weighted by molar-refractivity contribution is 5.50. The van der Waals surface area contributed by atoms with Gasteiger partial charge in [-0.1, -0.05) is 29.8 Å². The van der Waals surface area contributed by atoms with Gasteiger partial charge >= 0.3 is 6.18 Å². The Morgan fingerprint density at radius 1 is 1.14 bits per heavy atom. The molecule has 2 rings (SSSR count). The van der Waals surface area contributed by atoms with Gasteiger partial charge in [-0.3, -0.25) is 0 Å². The number of rotatable bonds is 3. The lowest BCUT2D eigenvalue weighted by Gasteiger charge is -2.16. The van der Waals surface area contributed by atoms with Crippen LogP contribution >= 0.6 is 0 Å². The molecule has 5 heteroatoms. The SMILES string of the molecule is Cc1cccc(CC(O)c2cc(C(F)(F)F)ccc2N)c1. The summed E-state index contributed by atoms with van der Waals surface area (Å²) in [7, 11) is 0. The first-order valence-electron chi connectivity index (χ1n) is 6.47. The number of nitrogens with two attached hydrogens (primary N) is 1. The molecule has 0 fully saturated rings. The lowest BCUT2D eigenvalue weighted by Crippen LogP contribution is -2.10. The van der Waals surface area contributed by atoms with Crippen LogP contribution in [0.15, 0.2) is 42.5 Å². The monoisotopic (exact) mass is 295 g/mol. The zero-order valence-electron chi connectivity index (χ0n) is 11.5. The number of hydrogen-bond donors (Lipinski definition) is 2. The fourth-order valence-electron chi connectivity index (χ4n) is 2.21. The van der Waals surface area contributed by atoms with Gasteiger partial charge < -0.3 is 10.8 Å². The van der Waals surface area contributed by atoms with Crippen molar-refractivity contribution in [1.82, 2.24) is 0 Å². The van der Waals surface area contributed by atoms with Gasteiger partial charge in [-0.2, -0.15) is 13.2 Å². The van der Waals surface area contributed by atoms with Gasteiger partial charge in [0.15, 0.2) is 0 Å². The summed E-state index contributed by atoms with van der Waals surface area (Å²) in [6.07, 6.45) is -5.31. The minimum Gasteiger partial charge on any atom is -0.398 e. The standard InChI is InChI=1S/C16H16F3NO/c1-10-3-2-4-11(7-10)8-15(21)13-9-12(16(17,18)19)5-6-14(13)20/h2-7,9,15,21H,8,20H2,1H3. The van der Waals surface area contributed by atoms with Gasteiger partial charge in [-0.25, -0.2) is 0 Å². The molecule has 2 aromatic rings. The van der Waals surface area contributed by atoms with E-state index in [9.17, 15) is 18.3 Å². The third-order valence-corrected chi connectivity index (χ3v) is 3.28. The number of halogens is 3. The Bertz CT molecular complexity index is 638. The number of nitrogen functional groups attached to an aromatic ring is 1. The van der Waals surface area contributed by atoms with E-state index in [2.05, 4.69) is 0 Å². The van der Waals surface area contributed by atoms with Gasteiger partial charge in [0.05, 0.1) is 11.7 Å². The molecule has 3 N–H and O–H groups in total. The van der Waals surface area contributed by atoms with E-state index in [4.69, 9.17) is 5.73 Å². The van der Waals surface area contributed by atoms with E-state index in [1.54, 1.807) is 0 Å². The average Bonchev–Trinajstić information content (AvgIpc) is 2.37. The summed E-state index contributed by atoms with van der Waals surface area (Å²) in [6.45, 7) is 1.91. The van der Waals surface area contributed by atoms with Crippen molar-refractivity contribution in [3.8, 4) is 0 Å². The smallest absolute Gasteiger partial charge is 0.398 e. The Hall–Kier alpha value is -2.01. The topological polar surface area (TPSA) is 46.2 Å². The van der Waals surface area contributed by atoms with Gasteiger partial charge in [0, 0.05) is 17.7 Å². The van der Waals surface area contributed by atoms with E-state index in [0.717, 1.165) is 23.3 Å². The Labute approximate surface area is 121 Å². The number of anilines is 1. The number of benzene rings is 2. The fraction of sp³-hybridized carbons (Fsp3) is 0.250. The first-order chi connectivity index (χ1) is 9.77. The van der Waals surface area contributed by atoms with Crippen molar-refractivity contribution in [2.75, 3.05) is 5.73 Å². The van der Waals surface area contributed by atoms with Crippen LogP contribution in [0.5, 0.6) is 0 Å². The van der Waals surface area contributed by atoms with E-state index < -0.39 is 17.8 Å². The minimum absolute atomic E-state index is 0.103. The van der Waals surface area contributed by atoms with Crippen molar-refractivity contribution in [2.45, 2.75) is 25.6 Å². The molecule has 112 valence electrons. The zero-order chi connectivity index (χ0) is 15.6. The number of aliphatic hydroxyl groups is 1. The maximum Gasteiger partial charge on any atom is 0.416 e. The van der Waals surface area contributed by atoms with Crippen LogP contribution in [0.1, 0.15) is 28.4 Å². The molecule has 0 heterocycles. The van der Waals surface area contributed by atoms with Crippen LogP contribution in [0.3, 0.4) is 0 Å². The molecule has 0 amide bonds. The predicted molar refractivity (Wildman–Crippen MR) is 75.7 cm³/mol. The van der Waals surface area contributed by atoms with Crippen LogP contribution in [0.2, 0.25) is 0 Å². The number of aryl methyl sites for hydroxylation is 1. The van der Waals surface area contributed by atoms with Crippen molar-refractivity contribution in [3.63, 3.8) is 0 Å². The molecule has 2 aromatic carbocycles. The number of alkyl halides is 3. The molecule has 0 aliphatic heterocycles. The predicted octanol–water partition coefficient (Wildman–Crippen LogP) is 3.87. The lowest BCUT2D eigenvalue weighted by atomic mass is 9.97. The molecule has 1 unspecified atom stereocenters. The van der Waals surface area contributed by atoms with Gasteiger partial charge in [0.1, 0.15) is 0 Å². The minimum atomic E-state index is -4.45. The quantitative estimate of drug-likeness (QED) is 0.844. The van der Waals surface area contributed by atoms with E-state index >= 15 is 0 Å². The zero-order valence-corrected chi connectivity index (χ0v) is 11.5. The van der Waals surface area contributed by atoms with Crippen LogP contribution < -0.4 is 5.73 Å². The molecule has 0 bridgehead atoms. The van der Waals surface area contributed by atoms with E-state index in [1.165, 1.54) is 6.07 Å². The summed E-state index contributed by atoms with van der Waals surface area (Å²) in [5.41, 5.74) is 7.01. The molecular weight excluding hydrogens is 279 g/mol. The fourth-order valence-corrected chi connectivity index (χ4v) is 2.21. The molecule has 21 heavy (non-hydrogen) atoms. The highest BCUT2D eigenvalue weighted by Gasteiger charge is 2.31. The summed E-state index contributed by atoms with van der Waals surface area (Å²) in [4.78, 5) is 0. The van der Waals surface area contributed by atoms with Crippen molar-refractivity contribution >= 4 is 5.69 Å². The van der Waals surface area contributed by atoms with Crippen molar-refractivity contribution in [2.24, 2.45) is 0 Å². The van der Waals surface area contributed by atoms with Crippen LogP contribution in [0, 0.1) is 6.92 Å². The molecule has 0 aliphatic carbocycles. The second-order valence-electron chi connectivity index (χ2n) is 5.05. The molecule has 0 saturated carbocycles. The third kappa shape index (κ3) is 3.76. The summed E-state index contributed by atoms with van der Waals surface area (Å²) in [6, 6.07) is 10.5. The third-order valence-electron chi connectivity index (χ3n) is 3.28. The Balaban J connectivity index is 2.28. The van der Waals surface area contributed by atoms with Gasteiger partial charge in [0.2, 0.25) is 0 Å². The molecule has 0 aromatic heterocycles. The highest BCUT2D eigenvalue weighted by atomic mass is 19.4. The summed E-state index contributed by atoms with van der Waals surface area (Å²) < 4.78 is 38.2. The van der Waals surface area contributed by atoms with Gasteiger partial charge in [-0.15, -0.1) is 0 Å². The average molecular weight is 295 g/mol. The number of hydrogen-bond acceptors (Lipinski definition) is 2. The molecule has 0 aliphatic rings. The molecule has 0 saturated heterocycles. The Kier molecular flexibility index (Phi) is 4.23. The molecule has 0 spiro atoms. The van der Waals surface area contributed by atoms with Crippen LogP contribution in [0.4, 0.5) is 18.9 Å². The Morgan fingerprint density at radius 3 is 2.48 bits per heavy atom. The largest absolute Gasteiger partial charge is 0.416 e. The summed E-state index contributed by atoms with van der Waals surface area (Å²) >= 11 is 0.